The standard InChI is InChI=1S/C9H13NO2S2/c1-6-7(10)5-8(14-6)9(11)12-3-4-13-2/h5H,3-4,10H2,1-2H3. The minimum Gasteiger partial charge on any atom is -0.461 e. The molecule has 0 radical (unpaired) electrons. The molecular weight excluding hydrogens is 218 g/mol. The number of carbonyl (C=O) groups excluding carboxylic acids is 1. The summed E-state index contributed by atoms with van der Waals surface area (Å²) in [7, 11) is 0. The van der Waals surface area contributed by atoms with Crippen LogP contribution in [0.3, 0.4) is 0 Å². The van der Waals surface area contributed by atoms with Gasteiger partial charge in [0.15, 0.2) is 0 Å². The first-order valence-electron chi connectivity index (χ1n) is 4.17. The zero-order valence-electron chi connectivity index (χ0n) is 8.20. The maximum atomic E-state index is 11.4. The molecule has 1 heterocycles. The van der Waals surface area contributed by atoms with Crippen molar-refractivity contribution in [2.45, 2.75) is 6.92 Å². The summed E-state index contributed by atoms with van der Waals surface area (Å²) in [6, 6.07) is 1.67. The molecule has 0 amide bonds. The number of nitrogen functional groups attached to an aromatic ring is 1. The van der Waals surface area contributed by atoms with Gasteiger partial charge < -0.3 is 10.5 Å². The molecule has 2 N–H and O–H groups in total. The van der Waals surface area contributed by atoms with Crippen molar-refractivity contribution < 1.29 is 9.53 Å². The zero-order valence-corrected chi connectivity index (χ0v) is 9.83. The van der Waals surface area contributed by atoms with Crippen molar-refractivity contribution in [1.82, 2.24) is 0 Å². The highest BCUT2D eigenvalue weighted by molar-refractivity contribution is 7.98. The van der Waals surface area contributed by atoms with Crippen molar-refractivity contribution in [2.24, 2.45) is 0 Å². The Hall–Kier alpha value is -0.680. The van der Waals surface area contributed by atoms with E-state index in [1.807, 2.05) is 13.2 Å². The lowest BCUT2D eigenvalue weighted by Gasteiger charge is -2.00. The highest BCUT2D eigenvalue weighted by Gasteiger charge is 2.11. The van der Waals surface area contributed by atoms with Crippen molar-refractivity contribution >= 4 is 34.8 Å². The topological polar surface area (TPSA) is 52.3 Å². The van der Waals surface area contributed by atoms with Gasteiger partial charge >= 0.3 is 5.97 Å². The van der Waals surface area contributed by atoms with Gasteiger partial charge in [-0.3, -0.25) is 0 Å². The highest BCUT2D eigenvalue weighted by atomic mass is 32.2. The van der Waals surface area contributed by atoms with E-state index in [1.54, 1.807) is 17.8 Å². The maximum absolute atomic E-state index is 11.4. The molecule has 1 aromatic heterocycles. The molecule has 1 rings (SSSR count). The largest absolute Gasteiger partial charge is 0.461 e. The molecule has 0 saturated carbocycles. The van der Waals surface area contributed by atoms with Crippen LogP contribution in [-0.4, -0.2) is 24.6 Å². The number of ether oxygens (including phenoxy) is 1. The van der Waals surface area contributed by atoms with E-state index < -0.39 is 0 Å². The van der Waals surface area contributed by atoms with Crippen LogP contribution in [0, 0.1) is 6.92 Å². The summed E-state index contributed by atoms with van der Waals surface area (Å²) in [4.78, 5) is 13.0. The summed E-state index contributed by atoms with van der Waals surface area (Å²) in [5.74, 6) is 0.551. The summed E-state index contributed by atoms with van der Waals surface area (Å²) in [5, 5.41) is 0. The lowest BCUT2D eigenvalue weighted by molar-refractivity contribution is 0.0536. The number of carbonyl (C=O) groups is 1. The van der Waals surface area contributed by atoms with Gasteiger partial charge in [-0.05, 0) is 19.2 Å². The molecule has 14 heavy (non-hydrogen) atoms. The summed E-state index contributed by atoms with van der Waals surface area (Å²) in [5.41, 5.74) is 6.29. The van der Waals surface area contributed by atoms with Crippen molar-refractivity contribution in [3.63, 3.8) is 0 Å². The number of hydrogen-bond donors (Lipinski definition) is 1. The van der Waals surface area contributed by atoms with E-state index in [0.29, 0.717) is 17.2 Å². The first-order chi connectivity index (χ1) is 6.65. The minimum atomic E-state index is -0.274. The Kier molecular flexibility index (Phi) is 4.28. The fourth-order valence-corrected chi connectivity index (χ4v) is 1.97. The van der Waals surface area contributed by atoms with E-state index >= 15 is 0 Å². The molecule has 1 aromatic rings. The van der Waals surface area contributed by atoms with E-state index in [2.05, 4.69) is 0 Å². The van der Waals surface area contributed by atoms with Crippen molar-refractivity contribution in [2.75, 3.05) is 24.3 Å². The van der Waals surface area contributed by atoms with Crippen molar-refractivity contribution in [1.29, 1.82) is 0 Å². The smallest absolute Gasteiger partial charge is 0.348 e. The number of esters is 1. The molecule has 0 atom stereocenters. The minimum absolute atomic E-state index is 0.274. The molecule has 0 fully saturated rings. The molecule has 0 aliphatic heterocycles. The molecule has 78 valence electrons. The van der Waals surface area contributed by atoms with Gasteiger partial charge in [0.25, 0.3) is 0 Å². The van der Waals surface area contributed by atoms with Gasteiger partial charge in [-0.1, -0.05) is 0 Å². The molecule has 0 saturated heterocycles. The Labute approximate surface area is 91.6 Å². The number of thiophene rings is 1. The second-order valence-electron chi connectivity index (χ2n) is 2.75. The van der Waals surface area contributed by atoms with Crippen LogP contribution in [0.2, 0.25) is 0 Å². The van der Waals surface area contributed by atoms with Crippen LogP contribution in [0.5, 0.6) is 0 Å². The molecule has 0 spiro atoms. The Morgan fingerprint density at radius 1 is 1.71 bits per heavy atom. The third-order valence-corrected chi connectivity index (χ3v) is 3.30. The van der Waals surface area contributed by atoms with Crippen LogP contribution in [-0.2, 0) is 4.74 Å². The molecule has 0 bridgehead atoms. The van der Waals surface area contributed by atoms with Crippen LogP contribution in [0.15, 0.2) is 6.07 Å². The van der Waals surface area contributed by atoms with Crippen molar-refractivity contribution in [3.8, 4) is 0 Å². The van der Waals surface area contributed by atoms with Crippen molar-refractivity contribution in [3.05, 3.63) is 15.8 Å². The fourth-order valence-electron chi connectivity index (χ4n) is 0.886. The maximum Gasteiger partial charge on any atom is 0.348 e. The van der Waals surface area contributed by atoms with Gasteiger partial charge in [0.05, 0.1) is 0 Å². The van der Waals surface area contributed by atoms with Gasteiger partial charge in [0.2, 0.25) is 0 Å². The normalized spacial score (nSPS) is 10.1. The number of aryl methyl sites for hydroxylation is 1. The first kappa shape index (κ1) is 11.4. The zero-order chi connectivity index (χ0) is 10.6. The van der Waals surface area contributed by atoms with Gasteiger partial charge in [-0.2, -0.15) is 11.8 Å². The predicted molar refractivity (Wildman–Crippen MR) is 62.1 cm³/mol. The van der Waals surface area contributed by atoms with Gasteiger partial charge in [-0.15, -0.1) is 11.3 Å². The van der Waals surface area contributed by atoms with Crippen LogP contribution >= 0.6 is 23.1 Å². The lowest BCUT2D eigenvalue weighted by Crippen LogP contribution is -2.05. The summed E-state index contributed by atoms with van der Waals surface area (Å²) < 4.78 is 5.03. The van der Waals surface area contributed by atoms with E-state index in [-0.39, 0.29) is 5.97 Å². The fraction of sp³-hybridized carbons (Fsp3) is 0.444. The van der Waals surface area contributed by atoms with Crippen LogP contribution in [0.25, 0.3) is 0 Å². The second-order valence-corrected chi connectivity index (χ2v) is 4.99. The molecule has 0 aromatic carbocycles. The van der Waals surface area contributed by atoms with E-state index in [0.717, 1.165) is 10.6 Å². The summed E-state index contributed by atoms with van der Waals surface area (Å²) in [6.45, 7) is 2.34. The Bertz CT molecular complexity index is 303. The average molecular weight is 231 g/mol. The van der Waals surface area contributed by atoms with Gasteiger partial charge in [0.1, 0.15) is 11.5 Å². The molecule has 0 aliphatic rings. The first-order valence-corrected chi connectivity index (χ1v) is 6.38. The second kappa shape index (κ2) is 5.26. The van der Waals surface area contributed by atoms with E-state index in [1.165, 1.54) is 11.3 Å². The number of anilines is 1. The number of thioether (sulfide) groups is 1. The quantitative estimate of drug-likeness (QED) is 0.637. The predicted octanol–water partition coefficient (Wildman–Crippen LogP) is 2.16. The third-order valence-electron chi connectivity index (χ3n) is 1.68. The van der Waals surface area contributed by atoms with Gasteiger partial charge in [-0.25, -0.2) is 4.79 Å². The van der Waals surface area contributed by atoms with Gasteiger partial charge in [0, 0.05) is 16.3 Å². The Morgan fingerprint density at radius 3 is 2.93 bits per heavy atom. The molecule has 5 heteroatoms. The average Bonchev–Trinajstić information content (AvgIpc) is 2.47. The highest BCUT2D eigenvalue weighted by Crippen LogP contribution is 2.23. The Morgan fingerprint density at radius 2 is 2.43 bits per heavy atom. The van der Waals surface area contributed by atoms with E-state index in [9.17, 15) is 4.79 Å². The molecule has 0 aliphatic carbocycles. The number of nitrogens with two attached hydrogens (primary N) is 1. The third kappa shape index (κ3) is 2.92. The van der Waals surface area contributed by atoms with Crippen LogP contribution < -0.4 is 5.73 Å². The summed E-state index contributed by atoms with van der Waals surface area (Å²) in [6.07, 6.45) is 1.97. The number of rotatable bonds is 4. The van der Waals surface area contributed by atoms with E-state index in [4.69, 9.17) is 10.5 Å². The monoisotopic (exact) mass is 231 g/mol. The Balaban J connectivity index is 2.52. The van der Waals surface area contributed by atoms with Crippen LogP contribution in [0.4, 0.5) is 5.69 Å². The SMILES string of the molecule is CSCCOC(=O)c1cc(N)c(C)s1. The molecule has 3 nitrogen and oxygen atoms in total. The van der Waals surface area contributed by atoms with Crippen LogP contribution in [0.1, 0.15) is 14.5 Å². The molecule has 0 unspecified atom stereocenters. The molecular formula is C9H13NO2S2. The summed E-state index contributed by atoms with van der Waals surface area (Å²) >= 11 is 3.02. The lowest BCUT2D eigenvalue weighted by atomic mass is 10.4. The number of hydrogen-bond acceptors (Lipinski definition) is 5.